The molecule has 2 aromatic heterocycles. The van der Waals surface area contributed by atoms with E-state index in [1.165, 1.54) is 27.6 Å². The molecule has 0 amide bonds. The van der Waals surface area contributed by atoms with Gasteiger partial charge in [0.15, 0.2) is 5.82 Å². The molecule has 9 aromatic carbocycles. The number of ether oxygens (including phenoxy) is 1. The number of rotatable bonds is 5. The first kappa shape index (κ1) is 36.2. The van der Waals surface area contributed by atoms with Gasteiger partial charge in [0, 0.05) is 49.5 Å². The van der Waals surface area contributed by atoms with Gasteiger partial charge in [0.2, 0.25) is 0 Å². The van der Waals surface area contributed by atoms with E-state index in [1.54, 1.807) is 0 Å². The molecule has 1 aliphatic carbocycles. The molecule has 0 atom stereocenters. The lowest BCUT2D eigenvalue weighted by Crippen LogP contribution is -2.32. The highest BCUT2D eigenvalue weighted by molar-refractivity contribution is 6.19. The zero-order chi connectivity index (χ0) is 42.2. The Morgan fingerprint density at radius 1 is 0.344 bits per heavy atom. The van der Waals surface area contributed by atoms with Crippen molar-refractivity contribution in [2.45, 2.75) is 5.41 Å². The molecule has 0 bridgehead atoms. The minimum Gasteiger partial charge on any atom is -0.457 e. The second-order valence-corrected chi connectivity index (χ2v) is 16.6. The molecule has 298 valence electrons. The van der Waals surface area contributed by atoms with Gasteiger partial charge in [-0.1, -0.05) is 194 Å². The van der Waals surface area contributed by atoms with E-state index in [0.717, 1.165) is 89.4 Å². The van der Waals surface area contributed by atoms with Crippen molar-refractivity contribution in [3.8, 4) is 78.9 Å². The lowest BCUT2D eigenvalue weighted by molar-refractivity contribution is 0.436. The molecule has 13 rings (SSSR count). The van der Waals surface area contributed by atoms with Gasteiger partial charge in [0.25, 0.3) is 0 Å². The molecular weight excluding hydrogens is 779 g/mol. The van der Waals surface area contributed by atoms with Crippen LogP contribution in [0, 0.1) is 0 Å². The zero-order valence-corrected chi connectivity index (χ0v) is 34.6. The fourth-order valence-corrected chi connectivity index (χ4v) is 10.4. The summed E-state index contributed by atoms with van der Waals surface area (Å²) in [4.78, 5) is 15.5. The standard InChI is InChI=1S/C60H37N3O/c1-3-16-39(17-4-1)52-37-53(63-59(62-52)41-18-5-2-6-19-41)40-32-30-38(31-33-40)42-20-15-21-43(36-42)58-46-34-35-50-57(56(46)45-23-8-12-27-51(45)61-58)44-22-7-9-24-47(44)60(50)48-25-10-13-28-54(48)64-55-29-14-11-26-49(55)60/h1-37H. The summed E-state index contributed by atoms with van der Waals surface area (Å²) in [5.41, 5.74) is 16.8. The Kier molecular flexibility index (Phi) is 8.09. The maximum Gasteiger partial charge on any atom is 0.160 e. The Morgan fingerprint density at radius 2 is 0.906 bits per heavy atom. The SMILES string of the molecule is c1ccc(-c2cc(-c3ccc(-c4cccc(-c5nc6ccccc6c6c7c(ccc56)C5(c6ccccc6Oc6ccccc65)c5ccccc5-7)c4)cc3)nc(-c3ccccc3)n2)cc1. The molecule has 0 unspecified atom stereocenters. The maximum absolute atomic E-state index is 6.63. The first-order valence-corrected chi connectivity index (χ1v) is 21.8. The summed E-state index contributed by atoms with van der Waals surface area (Å²) in [6.45, 7) is 0. The van der Waals surface area contributed by atoms with Crippen molar-refractivity contribution >= 4 is 21.7 Å². The summed E-state index contributed by atoms with van der Waals surface area (Å²) < 4.78 is 6.63. The average Bonchev–Trinajstić information content (AvgIpc) is 3.67. The first-order valence-electron chi connectivity index (χ1n) is 21.8. The van der Waals surface area contributed by atoms with Crippen LogP contribution in [0.15, 0.2) is 224 Å². The third-order valence-corrected chi connectivity index (χ3v) is 13.2. The van der Waals surface area contributed by atoms with Crippen LogP contribution in [0.3, 0.4) is 0 Å². The third kappa shape index (κ3) is 5.46. The van der Waals surface area contributed by atoms with E-state index >= 15 is 0 Å². The summed E-state index contributed by atoms with van der Waals surface area (Å²) in [5, 5.41) is 3.48. The summed E-state index contributed by atoms with van der Waals surface area (Å²) >= 11 is 0. The molecular formula is C60H37N3O. The molecule has 0 fully saturated rings. The second-order valence-electron chi connectivity index (χ2n) is 16.6. The largest absolute Gasteiger partial charge is 0.457 e. The van der Waals surface area contributed by atoms with Crippen LogP contribution in [0.2, 0.25) is 0 Å². The third-order valence-electron chi connectivity index (χ3n) is 13.2. The van der Waals surface area contributed by atoms with Crippen molar-refractivity contribution in [3.63, 3.8) is 0 Å². The highest BCUT2D eigenvalue weighted by Gasteiger charge is 2.51. The summed E-state index contributed by atoms with van der Waals surface area (Å²) in [5.74, 6) is 2.48. The Balaban J connectivity index is 0.961. The minimum absolute atomic E-state index is 0.555. The number of hydrogen-bond acceptors (Lipinski definition) is 4. The smallest absolute Gasteiger partial charge is 0.160 e. The topological polar surface area (TPSA) is 47.9 Å². The molecule has 4 nitrogen and oxygen atoms in total. The van der Waals surface area contributed by atoms with E-state index in [-0.39, 0.29) is 0 Å². The van der Waals surface area contributed by atoms with Gasteiger partial charge < -0.3 is 4.74 Å². The fourth-order valence-electron chi connectivity index (χ4n) is 10.4. The molecule has 3 heterocycles. The molecule has 1 aliphatic heterocycles. The van der Waals surface area contributed by atoms with Crippen molar-refractivity contribution in [1.82, 2.24) is 15.0 Å². The van der Waals surface area contributed by atoms with Crippen molar-refractivity contribution < 1.29 is 4.74 Å². The van der Waals surface area contributed by atoms with Crippen LogP contribution < -0.4 is 4.74 Å². The summed E-state index contributed by atoms with van der Waals surface area (Å²) in [6, 6.07) is 79.5. The molecule has 0 N–H and O–H groups in total. The number of aromatic nitrogens is 3. The van der Waals surface area contributed by atoms with Crippen molar-refractivity contribution in [2.24, 2.45) is 0 Å². The molecule has 0 saturated carbocycles. The van der Waals surface area contributed by atoms with Crippen molar-refractivity contribution in [2.75, 3.05) is 0 Å². The monoisotopic (exact) mass is 815 g/mol. The Morgan fingerprint density at radius 3 is 1.64 bits per heavy atom. The fraction of sp³-hybridized carbons (Fsp3) is 0.0167. The van der Waals surface area contributed by atoms with Gasteiger partial charge in [0.1, 0.15) is 11.5 Å². The Bertz CT molecular complexity index is 3530. The highest BCUT2D eigenvalue weighted by atomic mass is 16.5. The Labute approximate surface area is 370 Å². The van der Waals surface area contributed by atoms with Crippen LogP contribution in [-0.4, -0.2) is 15.0 Å². The van der Waals surface area contributed by atoms with Crippen LogP contribution in [0.1, 0.15) is 22.3 Å². The normalized spacial score (nSPS) is 12.9. The molecule has 64 heavy (non-hydrogen) atoms. The predicted octanol–water partition coefficient (Wildman–Crippen LogP) is 15.0. The molecule has 2 aliphatic rings. The number of para-hydroxylation sites is 3. The van der Waals surface area contributed by atoms with E-state index in [1.807, 2.05) is 36.4 Å². The maximum atomic E-state index is 6.63. The quantitative estimate of drug-likeness (QED) is 0.162. The van der Waals surface area contributed by atoms with Gasteiger partial charge >= 0.3 is 0 Å². The lowest BCUT2D eigenvalue weighted by Gasteiger charge is -2.39. The van der Waals surface area contributed by atoms with Gasteiger partial charge in [-0.25, -0.2) is 15.0 Å². The van der Waals surface area contributed by atoms with Gasteiger partial charge in [-0.3, -0.25) is 0 Å². The molecule has 0 saturated heterocycles. The second kappa shape index (κ2) is 14.3. The number of pyridine rings is 1. The first-order chi connectivity index (χ1) is 31.7. The lowest BCUT2D eigenvalue weighted by atomic mass is 9.66. The van der Waals surface area contributed by atoms with E-state index in [0.29, 0.717) is 5.82 Å². The molecule has 4 heteroatoms. The number of benzene rings is 9. The number of hydrogen-bond donors (Lipinski definition) is 0. The molecule has 11 aromatic rings. The van der Waals surface area contributed by atoms with E-state index in [9.17, 15) is 0 Å². The molecule has 0 radical (unpaired) electrons. The van der Waals surface area contributed by atoms with Crippen LogP contribution in [0.5, 0.6) is 11.5 Å². The summed E-state index contributed by atoms with van der Waals surface area (Å²) in [6.07, 6.45) is 0. The van der Waals surface area contributed by atoms with Gasteiger partial charge in [-0.2, -0.15) is 0 Å². The number of nitrogens with zero attached hydrogens (tertiary/aromatic N) is 3. The van der Waals surface area contributed by atoms with Gasteiger partial charge in [0.05, 0.1) is 28.0 Å². The van der Waals surface area contributed by atoms with Crippen molar-refractivity contribution in [3.05, 3.63) is 247 Å². The van der Waals surface area contributed by atoms with Crippen LogP contribution in [-0.2, 0) is 5.41 Å². The van der Waals surface area contributed by atoms with Crippen LogP contribution >= 0.6 is 0 Å². The van der Waals surface area contributed by atoms with E-state index < -0.39 is 5.41 Å². The summed E-state index contributed by atoms with van der Waals surface area (Å²) in [7, 11) is 0. The number of fused-ring (bicyclic) bond motifs is 13. The van der Waals surface area contributed by atoms with E-state index in [4.69, 9.17) is 19.7 Å². The van der Waals surface area contributed by atoms with Crippen molar-refractivity contribution in [1.29, 1.82) is 0 Å². The Hall–Kier alpha value is -8.47. The van der Waals surface area contributed by atoms with Gasteiger partial charge in [-0.05, 0) is 63.7 Å². The van der Waals surface area contributed by atoms with Crippen LogP contribution in [0.4, 0.5) is 0 Å². The van der Waals surface area contributed by atoms with Gasteiger partial charge in [-0.15, -0.1) is 0 Å². The minimum atomic E-state index is -0.555. The zero-order valence-electron chi connectivity index (χ0n) is 34.6. The molecule has 1 spiro atoms. The average molecular weight is 816 g/mol. The van der Waals surface area contributed by atoms with E-state index in [2.05, 4.69) is 188 Å². The predicted molar refractivity (Wildman–Crippen MR) is 259 cm³/mol. The highest BCUT2D eigenvalue weighted by Crippen LogP contribution is 2.63. The van der Waals surface area contributed by atoms with Crippen LogP contribution in [0.25, 0.3) is 89.1 Å².